The van der Waals surface area contributed by atoms with Crippen molar-refractivity contribution >= 4 is 16.9 Å². The zero-order valence-corrected chi connectivity index (χ0v) is 15.4. The second-order valence-electron chi connectivity index (χ2n) is 6.78. The quantitative estimate of drug-likeness (QED) is 0.455. The van der Waals surface area contributed by atoms with Gasteiger partial charge in [0.05, 0.1) is 0 Å². The average molecular weight is 371 g/mol. The van der Waals surface area contributed by atoms with E-state index in [1.54, 1.807) is 0 Å². The van der Waals surface area contributed by atoms with E-state index >= 15 is 0 Å². The molecule has 0 aliphatic rings. The Kier molecular flexibility index (Phi) is 5.11. The molecule has 4 rings (SSSR count). The number of aromatic nitrogens is 1. The van der Waals surface area contributed by atoms with Crippen LogP contribution in [0.1, 0.15) is 17.5 Å². The van der Waals surface area contributed by atoms with Crippen LogP contribution in [0.15, 0.2) is 79.0 Å². The number of fused-ring (bicyclic) bond motifs is 1. The van der Waals surface area contributed by atoms with Crippen molar-refractivity contribution in [3.8, 4) is 16.9 Å². The predicted octanol–water partition coefficient (Wildman–Crippen LogP) is 5.43. The summed E-state index contributed by atoms with van der Waals surface area (Å²) in [5.41, 5.74) is 5.19. The van der Waals surface area contributed by atoms with Gasteiger partial charge in [0.1, 0.15) is 12.4 Å². The number of benzene rings is 3. The largest absolute Gasteiger partial charge is 0.488 e. The molecule has 0 fully saturated rings. The number of hydrogen-bond donors (Lipinski definition) is 2. The van der Waals surface area contributed by atoms with Gasteiger partial charge in [0.15, 0.2) is 0 Å². The Labute approximate surface area is 163 Å². The summed E-state index contributed by atoms with van der Waals surface area (Å²) in [7, 11) is 0. The Morgan fingerprint density at radius 3 is 2.61 bits per heavy atom. The van der Waals surface area contributed by atoms with E-state index < -0.39 is 5.97 Å². The molecular weight excluding hydrogens is 350 g/mol. The van der Waals surface area contributed by atoms with E-state index in [2.05, 4.69) is 23.2 Å². The van der Waals surface area contributed by atoms with Gasteiger partial charge in [-0.3, -0.25) is 4.79 Å². The topological polar surface area (TPSA) is 62.3 Å². The summed E-state index contributed by atoms with van der Waals surface area (Å²) in [5, 5.41) is 10.1. The third kappa shape index (κ3) is 4.07. The minimum absolute atomic E-state index is 0.112. The normalized spacial score (nSPS) is 10.9. The van der Waals surface area contributed by atoms with Crippen molar-refractivity contribution in [2.24, 2.45) is 0 Å². The van der Waals surface area contributed by atoms with Gasteiger partial charge in [0, 0.05) is 23.7 Å². The van der Waals surface area contributed by atoms with Gasteiger partial charge in [-0.25, -0.2) is 0 Å². The summed E-state index contributed by atoms with van der Waals surface area (Å²) in [6.45, 7) is 0.481. The molecule has 0 saturated heterocycles. The van der Waals surface area contributed by atoms with Crippen molar-refractivity contribution in [1.82, 2.24) is 4.98 Å². The van der Waals surface area contributed by atoms with E-state index in [-0.39, 0.29) is 6.42 Å². The number of hydrogen-bond acceptors (Lipinski definition) is 2. The average Bonchev–Trinajstić information content (AvgIpc) is 3.19. The Bertz CT molecular complexity index is 1100. The maximum Gasteiger partial charge on any atom is 0.303 e. The number of carbonyl (C=O) groups is 1. The van der Waals surface area contributed by atoms with Gasteiger partial charge in [-0.05, 0) is 58.8 Å². The van der Waals surface area contributed by atoms with Crippen LogP contribution in [0, 0.1) is 0 Å². The number of aliphatic carboxylic acids is 1. The van der Waals surface area contributed by atoms with E-state index in [0.717, 1.165) is 38.9 Å². The highest BCUT2D eigenvalue weighted by molar-refractivity contribution is 5.86. The van der Waals surface area contributed by atoms with Crippen molar-refractivity contribution < 1.29 is 14.6 Å². The monoisotopic (exact) mass is 371 g/mol. The molecule has 0 saturated carbocycles. The van der Waals surface area contributed by atoms with Gasteiger partial charge in [0.25, 0.3) is 0 Å². The predicted molar refractivity (Wildman–Crippen MR) is 110 cm³/mol. The third-order valence-electron chi connectivity index (χ3n) is 4.77. The van der Waals surface area contributed by atoms with Gasteiger partial charge in [-0.2, -0.15) is 0 Å². The van der Waals surface area contributed by atoms with E-state index in [9.17, 15) is 4.79 Å². The van der Waals surface area contributed by atoms with E-state index in [1.807, 2.05) is 60.8 Å². The second kappa shape index (κ2) is 8.01. The van der Waals surface area contributed by atoms with Gasteiger partial charge >= 0.3 is 5.97 Å². The zero-order chi connectivity index (χ0) is 19.3. The molecule has 0 bridgehead atoms. The second-order valence-corrected chi connectivity index (χ2v) is 6.78. The van der Waals surface area contributed by atoms with Gasteiger partial charge in [-0.1, -0.05) is 42.5 Å². The molecule has 28 heavy (non-hydrogen) atoms. The molecule has 2 N–H and O–H groups in total. The van der Waals surface area contributed by atoms with Gasteiger partial charge in [-0.15, -0.1) is 0 Å². The van der Waals surface area contributed by atoms with Crippen LogP contribution in [0.2, 0.25) is 0 Å². The number of H-pyrrole nitrogens is 1. The molecule has 3 aromatic carbocycles. The van der Waals surface area contributed by atoms with Crippen LogP contribution >= 0.6 is 0 Å². The van der Waals surface area contributed by atoms with Crippen molar-refractivity contribution in [3.05, 3.63) is 90.1 Å². The highest BCUT2D eigenvalue weighted by atomic mass is 16.5. The summed E-state index contributed by atoms with van der Waals surface area (Å²) >= 11 is 0. The third-order valence-corrected chi connectivity index (χ3v) is 4.77. The lowest BCUT2D eigenvalue weighted by atomic mass is 9.99. The molecule has 1 aromatic heterocycles. The van der Waals surface area contributed by atoms with E-state index in [0.29, 0.717) is 13.0 Å². The highest BCUT2D eigenvalue weighted by Gasteiger charge is 2.11. The highest BCUT2D eigenvalue weighted by Crippen LogP contribution is 2.33. The SMILES string of the molecule is O=C(O)CCc1ccc(OCc2ccccc2)c(-c2ccc3[nH]ccc3c2)c1. The summed E-state index contributed by atoms with van der Waals surface area (Å²) < 4.78 is 6.13. The molecule has 0 atom stereocenters. The van der Waals surface area contributed by atoms with Crippen molar-refractivity contribution in [2.45, 2.75) is 19.4 Å². The zero-order valence-electron chi connectivity index (χ0n) is 15.4. The Balaban J connectivity index is 1.68. The summed E-state index contributed by atoms with van der Waals surface area (Å²) in [4.78, 5) is 14.1. The van der Waals surface area contributed by atoms with Crippen LogP contribution in [0.4, 0.5) is 0 Å². The standard InChI is InChI=1S/C24H21NO3/c26-24(27)11-7-17-6-10-23(28-16-18-4-2-1-3-5-18)21(14-17)19-8-9-22-20(15-19)12-13-25-22/h1-6,8-10,12-15,25H,7,11,16H2,(H,26,27). The Hall–Kier alpha value is -3.53. The number of nitrogens with one attached hydrogen (secondary N) is 1. The fraction of sp³-hybridized carbons (Fsp3) is 0.125. The van der Waals surface area contributed by atoms with E-state index in [4.69, 9.17) is 9.84 Å². The molecule has 1 heterocycles. The minimum atomic E-state index is -0.792. The number of rotatable bonds is 7. The molecule has 4 nitrogen and oxygen atoms in total. The number of ether oxygens (including phenoxy) is 1. The Morgan fingerprint density at radius 1 is 0.929 bits per heavy atom. The van der Waals surface area contributed by atoms with Crippen molar-refractivity contribution in [2.75, 3.05) is 0 Å². The van der Waals surface area contributed by atoms with Crippen LogP contribution in [-0.4, -0.2) is 16.1 Å². The number of carboxylic acids is 1. The molecule has 0 radical (unpaired) electrons. The van der Waals surface area contributed by atoms with Crippen molar-refractivity contribution in [3.63, 3.8) is 0 Å². The Morgan fingerprint density at radius 2 is 1.79 bits per heavy atom. The first-order valence-corrected chi connectivity index (χ1v) is 9.28. The lowest BCUT2D eigenvalue weighted by Crippen LogP contribution is -2.00. The van der Waals surface area contributed by atoms with Crippen LogP contribution in [-0.2, 0) is 17.8 Å². The fourth-order valence-corrected chi connectivity index (χ4v) is 3.29. The lowest BCUT2D eigenvalue weighted by Gasteiger charge is -2.14. The van der Waals surface area contributed by atoms with Crippen LogP contribution in [0.25, 0.3) is 22.0 Å². The first-order valence-electron chi connectivity index (χ1n) is 9.28. The van der Waals surface area contributed by atoms with Crippen LogP contribution < -0.4 is 4.74 Å². The lowest BCUT2D eigenvalue weighted by molar-refractivity contribution is -0.136. The molecule has 0 aliphatic carbocycles. The number of aromatic amines is 1. The molecule has 0 spiro atoms. The molecule has 0 unspecified atom stereocenters. The van der Waals surface area contributed by atoms with Crippen LogP contribution in [0.5, 0.6) is 5.75 Å². The number of aryl methyl sites for hydroxylation is 1. The smallest absolute Gasteiger partial charge is 0.303 e. The molecule has 4 aromatic rings. The van der Waals surface area contributed by atoms with Crippen LogP contribution in [0.3, 0.4) is 0 Å². The van der Waals surface area contributed by atoms with Crippen molar-refractivity contribution in [1.29, 1.82) is 0 Å². The molecule has 0 aliphatic heterocycles. The fourth-order valence-electron chi connectivity index (χ4n) is 3.29. The van der Waals surface area contributed by atoms with E-state index in [1.165, 1.54) is 0 Å². The first-order chi connectivity index (χ1) is 13.7. The first kappa shape index (κ1) is 17.9. The summed E-state index contributed by atoms with van der Waals surface area (Å²) in [5.74, 6) is -0.00231. The number of carboxylic acid groups (broad SMARTS) is 1. The molecule has 4 heteroatoms. The molecule has 140 valence electrons. The van der Waals surface area contributed by atoms with Gasteiger partial charge in [0.2, 0.25) is 0 Å². The molecule has 0 amide bonds. The minimum Gasteiger partial charge on any atom is -0.488 e. The van der Waals surface area contributed by atoms with Gasteiger partial charge < -0.3 is 14.8 Å². The maximum atomic E-state index is 10.9. The summed E-state index contributed by atoms with van der Waals surface area (Å²) in [6, 6.07) is 24.2. The maximum absolute atomic E-state index is 10.9. The summed E-state index contributed by atoms with van der Waals surface area (Å²) in [6.07, 6.45) is 2.53. The molecular formula is C24H21NO3.